The van der Waals surface area contributed by atoms with E-state index in [9.17, 15) is 24.3 Å². The highest BCUT2D eigenvalue weighted by atomic mass is 32.2. The molecule has 0 bridgehead atoms. The van der Waals surface area contributed by atoms with Gasteiger partial charge in [0.1, 0.15) is 18.6 Å². The highest BCUT2D eigenvalue weighted by molar-refractivity contribution is 8.00. The molecule has 0 heterocycles. The topological polar surface area (TPSA) is 179 Å². The maximum Gasteiger partial charge on any atom is 0.322 e. The first-order valence-corrected chi connectivity index (χ1v) is 14.1. The molecule has 7 N–H and O–H groups in total. The molecule has 2 unspecified atom stereocenters. The zero-order chi connectivity index (χ0) is 29.3. The molecule has 4 aromatic carbocycles. The number of carbonyl (C=O) groups excluding carboxylic acids is 2. The van der Waals surface area contributed by atoms with Gasteiger partial charge in [-0.1, -0.05) is 54.6 Å². The van der Waals surface area contributed by atoms with Crippen LogP contribution in [0.3, 0.4) is 0 Å². The first-order chi connectivity index (χ1) is 19.6. The first kappa shape index (κ1) is 28.3. The molecule has 0 aromatic heterocycles. The van der Waals surface area contributed by atoms with Gasteiger partial charge in [-0.15, -0.1) is 11.8 Å². The first-order valence-electron chi connectivity index (χ1n) is 13.1. The standard InChI is InChI=1S/C30H29N3O7S/c31-21(30(39)40)9-11-24(34)33-22(29(38)32-13-25(35)36)14-41-23-10-8-18-19-7-6-16-3-1-2-15-4-5-17(27(19)26(15)16)12-20(18)28(23)37/h1-8,10,12,21-23,28,37H,9,11,13-14,31H2,(H,32,38)(H,33,34)(H,35,36)(H,39,40)/t21-,22-,23?,28?/m0/s1. The maximum absolute atomic E-state index is 12.7. The molecule has 0 spiro atoms. The average molecular weight is 576 g/mol. The Hall–Kier alpha value is -4.19. The van der Waals surface area contributed by atoms with Crippen LogP contribution in [0.25, 0.3) is 38.4 Å². The van der Waals surface area contributed by atoms with Crippen LogP contribution in [-0.4, -0.2) is 68.7 Å². The van der Waals surface area contributed by atoms with Gasteiger partial charge in [0, 0.05) is 12.2 Å². The lowest BCUT2D eigenvalue weighted by molar-refractivity contribution is -0.139. The molecule has 0 aliphatic heterocycles. The monoisotopic (exact) mass is 575 g/mol. The third kappa shape index (κ3) is 5.83. The Bertz CT molecular complexity index is 1670. The highest BCUT2D eigenvalue weighted by Gasteiger charge is 2.30. The van der Waals surface area contributed by atoms with Gasteiger partial charge in [0.2, 0.25) is 11.8 Å². The van der Waals surface area contributed by atoms with Crippen molar-refractivity contribution in [3.05, 3.63) is 65.7 Å². The lowest BCUT2D eigenvalue weighted by atomic mass is 9.85. The summed E-state index contributed by atoms with van der Waals surface area (Å²) in [5.41, 5.74) is 7.15. The third-order valence-corrected chi connectivity index (χ3v) is 8.65. The molecule has 0 radical (unpaired) electrons. The maximum atomic E-state index is 12.7. The fourth-order valence-electron chi connectivity index (χ4n) is 5.26. The molecule has 1 aliphatic rings. The zero-order valence-corrected chi connectivity index (χ0v) is 22.7. The number of carboxylic acid groups (broad SMARTS) is 2. The summed E-state index contributed by atoms with van der Waals surface area (Å²) < 4.78 is 0. The normalized spacial score (nSPS) is 17.8. The quantitative estimate of drug-likeness (QED) is 0.147. The number of benzene rings is 4. The number of carboxylic acids is 2. The number of hydrogen-bond donors (Lipinski definition) is 6. The molecule has 0 fully saturated rings. The van der Waals surface area contributed by atoms with Crippen molar-refractivity contribution in [2.75, 3.05) is 12.3 Å². The molecule has 4 atom stereocenters. The van der Waals surface area contributed by atoms with Crippen molar-refractivity contribution in [1.82, 2.24) is 10.6 Å². The molecule has 10 nitrogen and oxygen atoms in total. The van der Waals surface area contributed by atoms with Gasteiger partial charge in [-0.3, -0.25) is 19.2 Å². The second kappa shape index (κ2) is 11.7. The summed E-state index contributed by atoms with van der Waals surface area (Å²) in [5.74, 6) is -3.73. The number of aliphatic hydroxyl groups excluding tert-OH is 1. The van der Waals surface area contributed by atoms with Crippen LogP contribution in [0.1, 0.15) is 30.1 Å². The van der Waals surface area contributed by atoms with E-state index >= 15 is 0 Å². The van der Waals surface area contributed by atoms with Crippen LogP contribution in [0.2, 0.25) is 0 Å². The van der Waals surface area contributed by atoms with Crippen LogP contribution in [0.5, 0.6) is 0 Å². The molecule has 4 aromatic rings. The van der Waals surface area contributed by atoms with Crippen LogP contribution < -0.4 is 16.4 Å². The van der Waals surface area contributed by atoms with Gasteiger partial charge in [0.05, 0.1) is 11.4 Å². The molecule has 2 amide bonds. The van der Waals surface area contributed by atoms with E-state index in [0.29, 0.717) is 0 Å². The Morgan fingerprint density at radius 2 is 1.68 bits per heavy atom. The fourth-order valence-corrected chi connectivity index (χ4v) is 6.43. The van der Waals surface area contributed by atoms with Crippen molar-refractivity contribution in [3.8, 4) is 0 Å². The Labute approximate surface area is 238 Å². The summed E-state index contributed by atoms with van der Waals surface area (Å²) in [6, 6.07) is 14.1. The minimum atomic E-state index is -1.24. The van der Waals surface area contributed by atoms with Gasteiger partial charge < -0.3 is 31.7 Å². The van der Waals surface area contributed by atoms with Crippen molar-refractivity contribution in [3.63, 3.8) is 0 Å². The molecule has 0 saturated carbocycles. The molecule has 0 saturated heterocycles. The van der Waals surface area contributed by atoms with Gasteiger partial charge in [0.15, 0.2) is 0 Å². The lowest BCUT2D eigenvalue weighted by Gasteiger charge is -2.28. The van der Waals surface area contributed by atoms with E-state index < -0.39 is 53.7 Å². The predicted octanol–water partition coefficient (Wildman–Crippen LogP) is 2.62. The number of aliphatic carboxylic acids is 2. The molecular weight excluding hydrogens is 546 g/mol. The van der Waals surface area contributed by atoms with Crippen LogP contribution >= 0.6 is 11.8 Å². The van der Waals surface area contributed by atoms with E-state index in [1.807, 2.05) is 30.4 Å². The summed E-state index contributed by atoms with van der Waals surface area (Å²) in [6.45, 7) is -0.626. The Morgan fingerprint density at radius 1 is 0.976 bits per heavy atom. The number of rotatable bonds is 11. The van der Waals surface area contributed by atoms with E-state index in [2.05, 4.69) is 41.0 Å². The van der Waals surface area contributed by atoms with Gasteiger partial charge in [-0.05, 0) is 55.9 Å². The summed E-state index contributed by atoms with van der Waals surface area (Å²) >= 11 is 1.25. The van der Waals surface area contributed by atoms with Crippen LogP contribution in [0.4, 0.5) is 0 Å². The number of nitrogens with two attached hydrogens (primary N) is 1. The molecule has 1 aliphatic carbocycles. The van der Waals surface area contributed by atoms with Gasteiger partial charge in [0.25, 0.3) is 0 Å². The smallest absolute Gasteiger partial charge is 0.322 e. The number of fused-ring (bicyclic) bond motifs is 2. The molecule has 41 heavy (non-hydrogen) atoms. The summed E-state index contributed by atoms with van der Waals surface area (Å²) in [5, 5.41) is 40.3. The lowest BCUT2D eigenvalue weighted by Crippen LogP contribution is -2.49. The van der Waals surface area contributed by atoms with Crippen molar-refractivity contribution in [2.24, 2.45) is 5.73 Å². The van der Waals surface area contributed by atoms with E-state index in [1.54, 1.807) is 0 Å². The van der Waals surface area contributed by atoms with Crippen molar-refractivity contribution in [1.29, 1.82) is 0 Å². The van der Waals surface area contributed by atoms with Crippen molar-refractivity contribution in [2.45, 2.75) is 36.3 Å². The van der Waals surface area contributed by atoms with E-state index in [4.69, 9.17) is 15.9 Å². The Morgan fingerprint density at radius 3 is 2.39 bits per heavy atom. The summed E-state index contributed by atoms with van der Waals surface area (Å²) in [4.78, 5) is 47.1. The molecular formula is C30H29N3O7S. The number of nitrogens with one attached hydrogen (secondary N) is 2. The van der Waals surface area contributed by atoms with Gasteiger partial charge in [-0.25, -0.2) is 0 Å². The van der Waals surface area contributed by atoms with E-state index in [-0.39, 0.29) is 18.6 Å². The molecule has 11 heteroatoms. The van der Waals surface area contributed by atoms with Gasteiger partial charge in [-0.2, -0.15) is 0 Å². The summed E-state index contributed by atoms with van der Waals surface area (Å²) in [6.07, 6.45) is 2.60. The second-order valence-electron chi connectivity index (χ2n) is 10.1. The van der Waals surface area contributed by atoms with E-state index in [1.165, 1.54) is 17.1 Å². The SMILES string of the molecule is N[C@@H](CCC(=O)N[C@@H](CSC1C=Cc2c(cc3ccc4cccc5ccc2c3c45)C1O)C(=O)NCC(=O)O)C(=O)O. The van der Waals surface area contributed by atoms with Crippen molar-refractivity contribution < 1.29 is 34.5 Å². The number of aliphatic hydroxyl groups is 1. The Balaban J connectivity index is 1.35. The minimum absolute atomic E-state index is 0.0396. The minimum Gasteiger partial charge on any atom is -0.480 e. The number of thioether (sulfide) groups is 1. The third-order valence-electron chi connectivity index (χ3n) is 7.32. The predicted molar refractivity (Wildman–Crippen MR) is 158 cm³/mol. The number of hydrogen-bond acceptors (Lipinski definition) is 7. The largest absolute Gasteiger partial charge is 0.480 e. The number of carbonyl (C=O) groups is 4. The molecule has 5 rings (SSSR count). The van der Waals surface area contributed by atoms with Gasteiger partial charge >= 0.3 is 11.9 Å². The number of amides is 2. The highest BCUT2D eigenvalue weighted by Crippen LogP contribution is 2.43. The van der Waals surface area contributed by atoms with Crippen LogP contribution in [0.15, 0.2) is 54.6 Å². The fraction of sp³-hybridized carbons (Fsp3) is 0.267. The molecule has 212 valence electrons. The second-order valence-corrected chi connectivity index (χ2v) is 11.3. The Kier molecular flexibility index (Phi) is 8.11. The summed E-state index contributed by atoms with van der Waals surface area (Å²) in [7, 11) is 0. The average Bonchev–Trinajstić information content (AvgIpc) is 2.96. The van der Waals surface area contributed by atoms with E-state index in [0.717, 1.165) is 38.1 Å². The zero-order valence-electron chi connectivity index (χ0n) is 21.9. The van der Waals surface area contributed by atoms with Crippen molar-refractivity contribution >= 4 is 73.9 Å². The van der Waals surface area contributed by atoms with Crippen LogP contribution in [0, 0.1) is 0 Å². The van der Waals surface area contributed by atoms with Crippen LogP contribution in [-0.2, 0) is 19.2 Å².